The number of benzene rings is 2. The molecule has 1 heteroatoms. The first-order chi connectivity index (χ1) is 7.74. The molecule has 0 radical (unpaired) electrons. The molecule has 0 saturated carbocycles. The Labute approximate surface area is 102 Å². The normalized spacial score (nSPS) is 12.9. The zero-order chi connectivity index (χ0) is 11.5. The Bertz CT molecular complexity index is 488. The summed E-state index contributed by atoms with van der Waals surface area (Å²) in [7, 11) is 0. The van der Waals surface area contributed by atoms with E-state index in [1.807, 2.05) is 0 Å². The molecule has 0 amide bonds. The molecule has 0 aliphatic heterocycles. The fourth-order valence-electron chi connectivity index (χ4n) is 2.22. The lowest BCUT2D eigenvalue weighted by molar-refractivity contribution is 0.771. The van der Waals surface area contributed by atoms with Crippen LogP contribution < -0.4 is 0 Å². The summed E-state index contributed by atoms with van der Waals surface area (Å²) in [6.45, 7) is 4.32. The van der Waals surface area contributed by atoms with Crippen LogP contribution in [-0.2, 0) is 0 Å². The van der Waals surface area contributed by atoms with Crippen molar-refractivity contribution in [3.63, 3.8) is 0 Å². The second-order valence-electron chi connectivity index (χ2n) is 4.27. The van der Waals surface area contributed by atoms with Crippen LogP contribution in [0.25, 0.3) is 10.8 Å². The Hall–Kier alpha value is -1.01. The van der Waals surface area contributed by atoms with Crippen molar-refractivity contribution in [1.82, 2.24) is 0 Å². The summed E-state index contributed by atoms with van der Waals surface area (Å²) in [5, 5.41) is 2.72. The number of alkyl halides is 1. The second kappa shape index (κ2) is 4.88. The summed E-state index contributed by atoms with van der Waals surface area (Å²) in [6, 6.07) is 12.8. The fourth-order valence-corrected chi connectivity index (χ4v) is 2.73. The molecule has 84 valence electrons. The summed E-state index contributed by atoms with van der Waals surface area (Å²) in [5.74, 6) is 0. The monoisotopic (exact) mass is 232 g/mol. The van der Waals surface area contributed by atoms with E-state index in [4.69, 9.17) is 11.6 Å². The molecule has 0 saturated heterocycles. The average Bonchev–Trinajstić information content (AvgIpc) is 2.29. The van der Waals surface area contributed by atoms with E-state index in [-0.39, 0.29) is 5.38 Å². The molecule has 0 aliphatic carbocycles. The van der Waals surface area contributed by atoms with Crippen molar-refractivity contribution in [3.8, 4) is 0 Å². The zero-order valence-corrected chi connectivity index (χ0v) is 10.6. The Morgan fingerprint density at radius 1 is 1.12 bits per heavy atom. The molecule has 16 heavy (non-hydrogen) atoms. The van der Waals surface area contributed by atoms with Crippen LogP contribution in [0.1, 0.15) is 36.3 Å². The van der Waals surface area contributed by atoms with Crippen molar-refractivity contribution in [1.29, 1.82) is 0 Å². The first-order valence-electron chi connectivity index (χ1n) is 5.86. The first kappa shape index (κ1) is 11.5. The Morgan fingerprint density at radius 2 is 1.88 bits per heavy atom. The maximum absolute atomic E-state index is 6.49. The van der Waals surface area contributed by atoms with E-state index in [0.29, 0.717) is 0 Å². The van der Waals surface area contributed by atoms with Crippen LogP contribution >= 0.6 is 11.6 Å². The molecule has 1 atom stereocenters. The van der Waals surface area contributed by atoms with Gasteiger partial charge in [-0.25, -0.2) is 0 Å². The third-order valence-electron chi connectivity index (χ3n) is 3.04. The zero-order valence-electron chi connectivity index (χ0n) is 9.83. The van der Waals surface area contributed by atoms with E-state index in [2.05, 4.69) is 50.2 Å². The molecule has 2 aromatic carbocycles. The van der Waals surface area contributed by atoms with Gasteiger partial charge in [0, 0.05) is 0 Å². The van der Waals surface area contributed by atoms with E-state index in [9.17, 15) is 0 Å². The largest absolute Gasteiger partial charge is 0.118 e. The Kier molecular flexibility index (Phi) is 3.50. The van der Waals surface area contributed by atoms with Crippen molar-refractivity contribution in [2.45, 2.75) is 32.1 Å². The molecule has 0 aliphatic rings. The van der Waals surface area contributed by atoms with Crippen LogP contribution in [0.3, 0.4) is 0 Å². The van der Waals surface area contributed by atoms with Crippen molar-refractivity contribution in [2.24, 2.45) is 0 Å². The molecule has 2 rings (SSSR count). The maximum Gasteiger partial charge on any atom is 0.0593 e. The molecular formula is C15H17Cl. The maximum atomic E-state index is 6.49. The molecule has 0 bridgehead atoms. The van der Waals surface area contributed by atoms with Gasteiger partial charge in [0.1, 0.15) is 0 Å². The molecule has 0 aromatic heterocycles. The van der Waals surface area contributed by atoms with Gasteiger partial charge in [-0.15, -0.1) is 11.6 Å². The molecule has 0 spiro atoms. The van der Waals surface area contributed by atoms with Crippen molar-refractivity contribution in [2.75, 3.05) is 0 Å². The molecule has 0 fully saturated rings. The summed E-state index contributed by atoms with van der Waals surface area (Å²) >= 11 is 6.49. The highest BCUT2D eigenvalue weighted by atomic mass is 35.5. The minimum absolute atomic E-state index is 0.135. The smallest absolute Gasteiger partial charge is 0.0593 e. The third kappa shape index (κ3) is 2.08. The molecular weight excluding hydrogens is 216 g/mol. The minimum atomic E-state index is 0.135. The molecule has 1 unspecified atom stereocenters. The van der Waals surface area contributed by atoms with Crippen LogP contribution in [0.2, 0.25) is 0 Å². The predicted molar refractivity (Wildman–Crippen MR) is 72.2 cm³/mol. The van der Waals surface area contributed by atoms with Crippen molar-refractivity contribution < 1.29 is 0 Å². The highest BCUT2D eigenvalue weighted by Gasteiger charge is 2.12. The highest BCUT2D eigenvalue weighted by Crippen LogP contribution is 2.34. The first-order valence-corrected chi connectivity index (χ1v) is 6.30. The second-order valence-corrected chi connectivity index (χ2v) is 4.80. The predicted octanol–water partition coefficient (Wildman–Crippen LogP) is 5.23. The van der Waals surface area contributed by atoms with Gasteiger partial charge in [0.25, 0.3) is 0 Å². The molecule has 0 heterocycles. The van der Waals surface area contributed by atoms with Gasteiger partial charge in [0.05, 0.1) is 5.38 Å². The fraction of sp³-hybridized carbons (Fsp3) is 0.333. The molecule has 0 nitrogen and oxygen atoms in total. The van der Waals surface area contributed by atoms with Gasteiger partial charge < -0.3 is 0 Å². The van der Waals surface area contributed by atoms with E-state index < -0.39 is 0 Å². The topological polar surface area (TPSA) is 0 Å². The van der Waals surface area contributed by atoms with Gasteiger partial charge in [-0.1, -0.05) is 49.7 Å². The van der Waals surface area contributed by atoms with E-state index >= 15 is 0 Å². The summed E-state index contributed by atoms with van der Waals surface area (Å²) in [5.41, 5.74) is 2.61. The number of fused-ring (bicyclic) bond motifs is 1. The number of hydrogen-bond acceptors (Lipinski definition) is 0. The minimum Gasteiger partial charge on any atom is -0.118 e. The van der Waals surface area contributed by atoms with Gasteiger partial charge in [-0.2, -0.15) is 0 Å². The Morgan fingerprint density at radius 3 is 2.62 bits per heavy atom. The molecule has 0 N–H and O–H groups in total. The van der Waals surface area contributed by atoms with Crippen LogP contribution in [0.4, 0.5) is 0 Å². The lowest BCUT2D eigenvalue weighted by Crippen LogP contribution is -1.95. The number of hydrogen-bond donors (Lipinski definition) is 0. The Balaban J connectivity index is 2.61. The third-order valence-corrected chi connectivity index (χ3v) is 3.48. The molecule has 2 aromatic rings. The summed E-state index contributed by atoms with van der Waals surface area (Å²) in [6.07, 6.45) is 2.16. The SMILES string of the molecule is CCCC(Cl)c1c(C)ccc2ccccc12. The quantitative estimate of drug-likeness (QED) is 0.636. The van der Waals surface area contributed by atoms with Gasteiger partial charge in [0.2, 0.25) is 0 Å². The van der Waals surface area contributed by atoms with Gasteiger partial charge in [-0.3, -0.25) is 0 Å². The lowest BCUT2D eigenvalue weighted by Gasteiger charge is -2.15. The van der Waals surface area contributed by atoms with Crippen LogP contribution in [0.5, 0.6) is 0 Å². The number of halogens is 1. The summed E-state index contributed by atoms with van der Waals surface area (Å²) < 4.78 is 0. The van der Waals surface area contributed by atoms with Crippen LogP contribution in [0.15, 0.2) is 36.4 Å². The van der Waals surface area contributed by atoms with Gasteiger partial charge in [-0.05, 0) is 35.2 Å². The van der Waals surface area contributed by atoms with Crippen LogP contribution in [-0.4, -0.2) is 0 Å². The summed E-state index contributed by atoms with van der Waals surface area (Å²) in [4.78, 5) is 0. The van der Waals surface area contributed by atoms with Crippen molar-refractivity contribution >= 4 is 22.4 Å². The van der Waals surface area contributed by atoms with Crippen LogP contribution in [0, 0.1) is 6.92 Å². The van der Waals surface area contributed by atoms with Gasteiger partial charge >= 0.3 is 0 Å². The average molecular weight is 233 g/mol. The highest BCUT2D eigenvalue weighted by molar-refractivity contribution is 6.22. The van der Waals surface area contributed by atoms with E-state index in [1.54, 1.807) is 0 Å². The lowest BCUT2D eigenvalue weighted by atomic mass is 9.95. The van der Waals surface area contributed by atoms with E-state index in [0.717, 1.165) is 12.8 Å². The van der Waals surface area contributed by atoms with Gasteiger partial charge in [0.15, 0.2) is 0 Å². The number of aryl methyl sites for hydroxylation is 1. The van der Waals surface area contributed by atoms with E-state index in [1.165, 1.54) is 21.9 Å². The number of rotatable bonds is 3. The standard InChI is InChI=1S/C15H17Cl/c1-3-6-14(16)15-11(2)9-10-12-7-4-5-8-13(12)15/h4-5,7-10,14H,3,6H2,1-2H3. The van der Waals surface area contributed by atoms with Crippen molar-refractivity contribution in [3.05, 3.63) is 47.5 Å².